The first kappa shape index (κ1) is 10.5. The second kappa shape index (κ2) is 4.08. The summed E-state index contributed by atoms with van der Waals surface area (Å²) in [5, 5.41) is 0. The summed E-state index contributed by atoms with van der Waals surface area (Å²) in [6.07, 6.45) is -0.108. The molecule has 6 heteroatoms. The molecular formula is C8H4F4O2. The van der Waals surface area contributed by atoms with Crippen LogP contribution in [0.2, 0.25) is 0 Å². The number of ether oxygens (including phenoxy) is 1. The minimum atomic E-state index is -3.23. The van der Waals surface area contributed by atoms with Gasteiger partial charge in [0, 0.05) is 0 Å². The molecule has 0 aromatic heterocycles. The topological polar surface area (TPSA) is 26.3 Å². The normalized spacial score (nSPS) is 10.4. The molecule has 1 aromatic rings. The summed E-state index contributed by atoms with van der Waals surface area (Å²) in [5.74, 6) is -3.41. The van der Waals surface area contributed by atoms with E-state index >= 15 is 0 Å². The third kappa shape index (κ3) is 2.01. The van der Waals surface area contributed by atoms with Crippen LogP contribution in [0.5, 0.6) is 5.75 Å². The van der Waals surface area contributed by atoms with Gasteiger partial charge in [0.1, 0.15) is 5.82 Å². The van der Waals surface area contributed by atoms with Crippen molar-refractivity contribution in [2.75, 3.05) is 0 Å². The van der Waals surface area contributed by atoms with Crippen molar-refractivity contribution in [2.45, 2.75) is 6.61 Å². The number of alkyl halides is 2. The summed E-state index contributed by atoms with van der Waals surface area (Å²) in [4.78, 5) is 10.2. The predicted molar refractivity (Wildman–Crippen MR) is 38.4 cm³/mol. The highest BCUT2D eigenvalue weighted by Gasteiger charge is 2.16. The monoisotopic (exact) mass is 208 g/mol. The highest BCUT2D eigenvalue weighted by molar-refractivity contribution is 5.76. The fraction of sp³-hybridized carbons (Fsp3) is 0.125. The molecule has 0 radical (unpaired) electrons. The van der Waals surface area contributed by atoms with Crippen LogP contribution in [0.25, 0.3) is 0 Å². The van der Waals surface area contributed by atoms with E-state index in [0.29, 0.717) is 12.1 Å². The van der Waals surface area contributed by atoms with Crippen LogP contribution in [0, 0.1) is 11.6 Å². The van der Waals surface area contributed by atoms with E-state index < -0.39 is 29.6 Å². The molecule has 1 aromatic carbocycles. The second-order valence-electron chi connectivity index (χ2n) is 2.27. The molecule has 1 rings (SSSR count). The van der Waals surface area contributed by atoms with Crippen LogP contribution in [0.1, 0.15) is 10.4 Å². The first-order valence-corrected chi connectivity index (χ1v) is 3.44. The Morgan fingerprint density at radius 2 is 1.93 bits per heavy atom. The van der Waals surface area contributed by atoms with Crippen molar-refractivity contribution in [1.82, 2.24) is 0 Å². The van der Waals surface area contributed by atoms with Gasteiger partial charge < -0.3 is 4.74 Å². The molecule has 0 aliphatic carbocycles. The number of aldehydes is 1. The highest BCUT2D eigenvalue weighted by Crippen LogP contribution is 2.23. The third-order valence-corrected chi connectivity index (χ3v) is 1.43. The Kier molecular flexibility index (Phi) is 3.06. The fourth-order valence-corrected chi connectivity index (χ4v) is 0.844. The van der Waals surface area contributed by atoms with E-state index in [0.717, 1.165) is 0 Å². The Bertz CT molecular complexity index is 351. The van der Waals surface area contributed by atoms with Gasteiger partial charge in [0.15, 0.2) is 17.9 Å². The number of hydrogen-bond donors (Lipinski definition) is 0. The number of benzene rings is 1. The first-order chi connectivity index (χ1) is 6.56. The SMILES string of the molecule is O=Cc1c(F)ccc(OC(F)F)c1F. The zero-order valence-corrected chi connectivity index (χ0v) is 6.64. The lowest BCUT2D eigenvalue weighted by Crippen LogP contribution is -2.06. The van der Waals surface area contributed by atoms with Gasteiger partial charge in [-0.25, -0.2) is 8.78 Å². The zero-order valence-electron chi connectivity index (χ0n) is 6.64. The Morgan fingerprint density at radius 3 is 2.43 bits per heavy atom. The van der Waals surface area contributed by atoms with E-state index in [4.69, 9.17) is 0 Å². The van der Waals surface area contributed by atoms with Gasteiger partial charge in [0.05, 0.1) is 5.56 Å². The maximum absolute atomic E-state index is 13.0. The average Bonchev–Trinajstić information content (AvgIpc) is 2.10. The van der Waals surface area contributed by atoms with Gasteiger partial charge in [-0.3, -0.25) is 4.79 Å². The second-order valence-corrected chi connectivity index (χ2v) is 2.27. The molecule has 0 saturated heterocycles. The standard InChI is InChI=1S/C8H4F4O2/c9-5-1-2-6(14-8(11)12)7(10)4(5)3-13/h1-3,8H. The van der Waals surface area contributed by atoms with E-state index in [1.54, 1.807) is 0 Å². The van der Waals surface area contributed by atoms with Crippen LogP contribution in [0.15, 0.2) is 12.1 Å². The molecule has 0 aliphatic rings. The number of carbonyl (C=O) groups is 1. The quantitative estimate of drug-likeness (QED) is 0.563. The summed E-state index contributed by atoms with van der Waals surface area (Å²) in [6, 6.07) is 1.36. The molecular weight excluding hydrogens is 204 g/mol. The number of halogens is 4. The third-order valence-electron chi connectivity index (χ3n) is 1.43. The maximum atomic E-state index is 13.0. The molecule has 0 aliphatic heterocycles. The molecule has 0 N–H and O–H groups in total. The van der Waals surface area contributed by atoms with Gasteiger partial charge in [-0.2, -0.15) is 8.78 Å². The molecule has 0 atom stereocenters. The largest absolute Gasteiger partial charge is 0.432 e. The van der Waals surface area contributed by atoms with Crippen molar-refractivity contribution in [2.24, 2.45) is 0 Å². The van der Waals surface area contributed by atoms with E-state index in [1.807, 2.05) is 0 Å². The van der Waals surface area contributed by atoms with E-state index in [-0.39, 0.29) is 6.29 Å². The van der Waals surface area contributed by atoms with Crippen molar-refractivity contribution < 1.29 is 27.1 Å². The zero-order chi connectivity index (χ0) is 10.7. The molecule has 0 bridgehead atoms. The molecule has 14 heavy (non-hydrogen) atoms. The Labute approximate surface area is 76.1 Å². The van der Waals surface area contributed by atoms with Crippen molar-refractivity contribution in [3.63, 3.8) is 0 Å². The summed E-state index contributed by atoms with van der Waals surface area (Å²) >= 11 is 0. The lowest BCUT2D eigenvalue weighted by atomic mass is 10.2. The maximum Gasteiger partial charge on any atom is 0.387 e. The van der Waals surface area contributed by atoms with E-state index in [2.05, 4.69) is 4.74 Å². The molecule has 0 saturated carbocycles. The summed E-state index contributed by atoms with van der Waals surface area (Å²) < 4.78 is 52.7. The minimum Gasteiger partial charge on any atom is -0.432 e. The van der Waals surface area contributed by atoms with Crippen LogP contribution in [-0.2, 0) is 0 Å². The van der Waals surface area contributed by atoms with Crippen LogP contribution >= 0.6 is 0 Å². The van der Waals surface area contributed by atoms with Crippen LogP contribution in [-0.4, -0.2) is 12.9 Å². The van der Waals surface area contributed by atoms with Crippen molar-refractivity contribution in [3.8, 4) is 5.75 Å². The Balaban J connectivity index is 3.14. The van der Waals surface area contributed by atoms with Gasteiger partial charge in [0.2, 0.25) is 0 Å². The fourth-order valence-electron chi connectivity index (χ4n) is 0.844. The van der Waals surface area contributed by atoms with Crippen LogP contribution in [0.3, 0.4) is 0 Å². The van der Waals surface area contributed by atoms with Gasteiger partial charge in [-0.05, 0) is 12.1 Å². The van der Waals surface area contributed by atoms with Gasteiger partial charge in [-0.15, -0.1) is 0 Å². The van der Waals surface area contributed by atoms with Crippen molar-refractivity contribution in [1.29, 1.82) is 0 Å². The molecule has 2 nitrogen and oxygen atoms in total. The Morgan fingerprint density at radius 1 is 1.29 bits per heavy atom. The van der Waals surface area contributed by atoms with Crippen LogP contribution in [0.4, 0.5) is 17.6 Å². The van der Waals surface area contributed by atoms with Gasteiger partial charge >= 0.3 is 6.61 Å². The molecule has 0 heterocycles. The lowest BCUT2D eigenvalue weighted by Gasteiger charge is -2.06. The number of rotatable bonds is 3. The minimum absolute atomic E-state index is 0.108. The number of carbonyl (C=O) groups excluding carboxylic acids is 1. The summed E-state index contributed by atoms with van der Waals surface area (Å²) in [6.45, 7) is -3.23. The van der Waals surface area contributed by atoms with E-state index in [9.17, 15) is 22.4 Å². The average molecular weight is 208 g/mol. The predicted octanol–water partition coefficient (Wildman–Crippen LogP) is 2.38. The molecule has 76 valence electrons. The lowest BCUT2D eigenvalue weighted by molar-refractivity contribution is -0.0523. The molecule has 0 amide bonds. The molecule has 0 spiro atoms. The van der Waals surface area contributed by atoms with Crippen molar-refractivity contribution >= 4 is 6.29 Å². The Hall–Kier alpha value is -1.59. The highest BCUT2D eigenvalue weighted by atomic mass is 19.3. The van der Waals surface area contributed by atoms with Crippen molar-refractivity contribution in [3.05, 3.63) is 29.3 Å². The van der Waals surface area contributed by atoms with Gasteiger partial charge in [-0.1, -0.05) is 0 Å². The van der Waals surface area contributed by atoms with E-state index in [1.165, 1.54) is 0 Å². The molecule has 0 fully saturated rings. The summed E-state index contributed by atoms with van der Waals surface area (Å²) in [7, 11) is 0. The molecule has 0 unspecified atom stereocenters. The smallest absolute Gasteiger partial charge is 0.387 e. The van der Waals surface area contributed by atoms with Crippen LogP contribution < -0.4 is 4.74 Å². The first-order valence-electron chi connectivity index (χ1n) is 3.44. The van der Waals surface area contributed by atoms with Gasteiger partial charge in [0.25, 0.3) is 0 Å². The summed E-state index contributed by atoms with van der Waals surface area (Å²) in [5.41, 5.74) is -0.928. The number of hydrogen-bond acceptors (Lipinski definition) is 2.